The summed E-state index contributed by atoms with van der Waals surface area (Å²) in [6, 6.07) is 6.93. The Kier molecular flexibility index (Phi) is 5.39. The predicted octanol–water partition coefficient (Wildman–Crippen LogP) is 6.15. The second-order valence-electron chi connectivity index (χ2n) is 6.85. The van der Waals surface area contributed by atoms with Gasteiger partial charge in [0, 0.05) is 4.83 Å². The van der Waals surface area contributed by atoms with E-state index in [-0.39, 0.29) is 0 Å². The average Bonchev–Trinajstić information content (AvgIpc) is 3.00. The Morgan fingerprint density at radius 1 is 1.14 bits per heavy atom. The van der Waals surface area contributed by atoms with E-state index in [0.29, 0.717) is 4.83 Å². The van der Waals surface area contributed by atoms with Gasteiger partial charge < -0.3 is 4.74 Å². The molecule has 0 amide bonds. The number of alkyl halides is 1. The summed E-state index contributed by atoms with van der Waals surface area (Å²) in [6.07, 6.45) is 9.85. The molecule has 1 nitrogen and oxygen atoms in total. The van der Waals surface area contributed by atoms with Gasteiger partial charge >= 0.3 is 0 Å². The highest BCUT2D eigenvalue weighted by atomic mass is 79.9. The Bertz CT molecular complexity index is 463. The van der Waals surface area contributed by atoms with Crippen LogP contribution >= 0.6 is 15.9 Å². The summed E-state index contributed by atoms with van der Waals surface area (Å²) in [5, 5.41) is 0. The summed E-state index contributed by atoms with van der Waals surface area (Å²) in [5.74, 6) is 1.80. The van der Waals surface area contributed by atoms with Crippen LogP contribution in [0.2, 0.25) is 0 Å². The van der Waals surface area contributed by atoms with Crippen LogP contribution in [0.3, 0.4) is 0 Å². The number of fused-ring (bicyclic) bond motifs is 1. The highest BCUT2D eigenvalue weighted by molar-refractivity contribution is 9.09. The zero-order chi connectivity index (χ0) is 14.7. The Morgan fingerprint density at radius 3 is 2.67 bits per heavy atom. The summed E-state index contributed by atoms with van der Waals surface area (Å²) in [6.45, 7) is 3.90. The number of hydrogen-bond acceptors (Lipinski definition) is 1. The van der Waals surface area contributed by atoms with Crippen LogP contribution in [-0.2, 0) is 18.0 Å². The maximum atomic E-state index is 5.53. The fourth-order valence-electron chi connectivity index (χ4n) is 3.90. The Balaban J connectivity index is 1.57. The zero-order valence-corrected chi connectivity index (χ0v) is 14.7. The molecule has 0 N–H and O–H groups in total. The van der Waals surface area contributed by atoms with Gasteiger partial charge in [-0.15, -0.1) is 0 Å². The van der Waals surface area contributed by atoms with E-state index in [1.807, 2.05) is 0 Å². The number of halogens is 1. The van der Waals surface area contributed by atoms with E-state index in [0.717, 1.165) is 25.0 Å². The van der Waals surface area contributed by atoms with Crippen LogP contribution in [-0.4, -0.2) is 0 Å². The average molecular weight is 351 g/mol. The molecule has 2 aliphatic rings. The summed E-state index contributed by atoms with van der Waals surface area (Å²) in [4.78, 5) is 0.524. The van der Waals surface area contributed by atoms with E-state index < -0.39 is 0 Å². The van der Waals surface area contributed by atoms with E-state index in [4.69, 9.17) is 4.74 Å². The molecule has 1 aromatic carbocycles. The normalized spacial score (nSPS) is 26.6. The van der Waals surface area contributed by atoms with Crippen LogP contribution in [0.5, 0.6) is 0 Å². The molecule has 0 saturated heterocycles. The molecule has 0 bridgehead atoms. The Morgan fingerprint density at radius 2 is 1.90 bits per heavy atom. The standard InChI is InChI=1S/C19H27BrO/c1-2-3-4-14-5-7-15(8-6-14)19(20)16-9-10-17-12-21-13-18(17)11-16/h9-11,14-15,19H,2-8,12-13H2,1H3. The molecule has 1 aliphatic carbocycles. The lowest BCUT2D eigenvalue weighted by molar-refractivity contribution is 0.134. The third kappa shape index (κ3) is 3.71. The number of benzene rings is 1. The third-order valence-corrected chi connectivity index (χ3v) is 6.61. The molecular weight excluding hydrogens is 324 g/mol. The molecule has 1 unspecified atom stereocenters. The van der Waals surface area contributed by atoms with Crippen molar-refractivity contribution in [2.24, 2.45) is 11.8 Å². The Labute approximate surface area is 137 Å². The third-order valence-electron chi connectivity index (χ3n) is 5.34. The molecule has 1 aromatic rings. The molecule has 0 radical (unpaired) electrons. The Hall–Kier alpha value is -0.340. The van der Waals surface area contributed by atoms with Gasteiger partial charge in [-0.2, -0.15) is 0 Å². The van der Waals surface area contributed by atoms with Gasteiger partial charge in [-0.05, 0) is 41.4 Å². The maximum absolute atomic E-state index is 5.53. The molecule has 21 heavy (non-hydrogen) atoms. The second-order valence-corrected chi connectivity index (χ2v) is 7.83. The monoisotopic (exact) mass is 350 g/mol. The number of hydrogen-bond donors (Lipinski definition) is 0. The molecule has 2 heteroatoms. The van der Waals surface area contributed by atoms with Crippen LogP contribution in [0.25, 0.3) is 0 Å². The quantitative estimate of drug-likeness (QED) is 0.578. The van der Waals surface area contributed by atoms with Crippen molar-refractivity contribution >= 4 is 15.9 Å². The van der Waals surface area contributed by atoms with E-state index in [9.17, 15) is 0 Å². The van der Waals surface area contributed by atoms with Gasteiger partial charge in [-0.3, -0.25) is 0 Å². The molecule has 3 rings (SSSR count). The SMILES string of the molecule is CCCCC1CCC(C(Br)c2ccc3c(c2)COC3)CC1. The van der Waals surface area contributed by atoms with Crippen molar-refractivity contribution in [2.75, 3.05) is 0 Å². The second kappa shape index (κ2) is 7.28. The maximum Gasteiger partial charge on any atom is 0.0725 e. The molecule has 1 atom stereocenters. The largest absolute Gasteiger partial charge is 0.372 e. The molecule has 0 aromatic heterocycles. The minimum absolute atomic E-state index is 0.524. The van der Waals surface area contributed by atoms with Gasteiger partial charge in [0.05, 0.1) is 13.2 Å². The van der Waals surface area contributed by atoms with Crippen molar-refractivity contribution in [3.8, 4) is 0 Å². The van der Waals surface area contributed by atoms with Crippen LogP contribution in [0.15, 0.2) is 18.2 Å². The number of rotatable bonds is 5. The lowest BCUT2D eigenvalue weighted by Crippen LogP contribution is -2.18. The molecule has 1 fully saturated rings. The van der Waals surface area contributed by atoms with Crippen LogP contribution < -0.4 is 0 Å². The smallest absolute Gasteiger partial charge is 0.0725 e. The van der Waals surface area contributed by atoms with Crippen LogP contribution in [0, 0.1) is 11.8 Å². The summed E-state index contributed by atoms with van der Waals surface area (Å²) in [5.41, 5.74) is 4.23. The van der Waals surface area contributed by atoms with Gasteiger partial charge in [0.25, 0.3) is 0 Å². The molecule has 1 heterocycles. The summed E-state index contributed by atoms with van der Waals surface area (Å²) < 4.78 is 5.53. The fourth-order valence-corrected chi connectivity index (χ4v) is 4.71. The highest BCUT2D eigenvalue weighted by Crippen LogP contribution is 2.43. The van der Waals surface area contributed by atoms with E-state index in [2.05, 4.69) is 41.1 Å². The van der Waals surface area contributed by atoms with Gasteiger partial charge in [0.1, 0.15) is 0 Å². The van der Waals surface area contributed by atoms with Crippen molar-refractivity contribution in [2.45, 2.75) is 69.9 Å². The first-order valence-corrected chi connectivity index (χ1v) is 9.53. The van der Waals surface area contributed by atoms with Gasteiger partial charge in [-0.1, -0.05) is 73.2 Å². The van der Waals surface area contributed by atoms with Crippen LogP contribution in [0.1, 0.15) is 73.4 Å². The first-order chi connectivity index (χ1) is 10.3. The predicted molar refractivity (Wildman–Crippen MR) is 91.6 cm³/mol. The summed E-state index contributed by atoms with van der Waals surface area (Å²) in [7, 11) is 0. The number of unbranched alkanes of at least 4 members (excludes halogenated alkanes) is 1. The first-order valence-electron chi connectivity index (χ1n) is 8.61. The number of ether oxygens (including phenoxy) is 1. The van der Waals surface area contributed by atoms with E-state index >= 15 is 0 Å². The van der Waals surface area contributed by atoms with Gasteiger partial charge in [0.2, 0.25) is 0 Å². The summed E-state index contributed by atoms with van der Waals surface area (Å²) >= 11 is 3.99. The molecule has 0 spiro atoms. The minimum atomic E-state index is 0.524. The van der Waals surface area contributed by atoms with Crippen LogP contribution in [0.4, 0.5) is 0 Å². The first kappa shape index (κ1) is 15.6. The zero-order valence-electron chi connectivity index (χ0n) is 13.1. The van der Waals surface area contributed by atoms with Gasteiger partial charge in [0.15, 0.2) is 0 Å². The fraction of sp³-hybridized carbons (Fsp3) is 0.684. The molecule has 1 aliphatic heterocycles. The van der Waals surface area contributed by atoms with E-state index in [1.54, 1.807) is 0 Å². The topological polar surface area (TPSA) is 9.23 Å². The van der Waals surface area contributed by atoms with Crippen molar-refractivity contribution in [1.82, 2.24) is 0 Å². The highest BCUT2D eigenvalue weighted by Gasteiger charge is 2.27. The molecule has 116 valence electrons. The minimum Gasteiger partial charge on any atom is -0.372 e. The van der Waals surface area contributed by atoms with Crippen molar-refractivity contribution in [1.29, 1.82) is 0 Å². The molecule has 1 saturated carbocycles. The lowest BCUT2D eigenvalue weighted by atomic mass is 9.77. The molecular formula is C19H27BrO. The van der Waals surface area contributed by atoms with Crippen molar-refractivity contribution in [3.63, 3.8) is 0 Å². The lowest BCUT2D eigenvalue weighted by Gasteiger charge is -2.31. The van der Waals surface area contributed by atoms with Gasteiger partial charge in [-0.25, -0.2) is 0 Å². The van der Waals surface area contributed by atoms with Crippen molar-refractivity contribution < 1.29 is 4.74 Å². The van der Waals surface area contributed by atoms with Crippen molar-refractivity contribution in [3.05, 3.63) is 34.9 Å². The van der Waals surface area contributed by atoms with E-state index in [1.165, 1.54) is 61.6 Å².